The van der Waals surface area contributed by atoms with Gasteiger partial charge in [-0.25, -0.2) is 9.59 Å². The van der Waals surface area contributed by atoms with Gasteiger partial charge < -0.3 is 19.6 Å². The first-order chi connectivity index (χ1) is 10.1. The third-order valence-corrected chi connectivity index (χ3v) is 3.12. The van der Waals surface area contributed by atoms with Gasteiger partial charge in [0, 0.05) is 11.3 Å². The molecule has 0 aliphatic carbocycles. The van der Waals surface area contributed by atoms with Gasteiger partial charge in [0.05, 0.1) is 20.2 Å². The minimum atomic E-state index is -0.933. The molecule has 0 unspecified atom stereocenters. The molecular formula is C14H18N2O6. The lowest BCUT2D eigenvalue weighted by atomic mass is 10.1. The number of H-pyrrole nitrogens is 1. The Morgan fingerprint density at radius 1 is 1.27 bits per heavy atom. The summed E-state index contributed by atoms with van der Waals surface area (Å²) in [5.74, 6) is -1.39. The Kier molecular flexibility index (Phi) is 3.87. The molecule has 2 rings (SSSR count). The fourth-order valence-corrected chi connectivity index (χ4v) is 2.17. The highest BCUT2D eigenvalue weighted by molar-refractivity contribution is 5.92. The SMILES string of the molecule is COC(=O)c1c(O)c2c([nH]c1=O)CN(C(=O)OC(C)(C)C)C2. The molecule has 0 aromatic carbocycles. The van der Waals surface area contributed by atoms with Crippen molar-refractivity contribution in [2.45, 2.75) is 39.5 Å². The summed E-state index contributed by atoms with van der Waals surface area (Å²) in [6, 6.07) is 0. The highest BCUT2D eigenvalue weighted by atomic mass is 16.6. The lowest BCUT2D eigenvalue weighted by Gasteiger charge is -2.24. The molecule has 0 saturated carbocycles. The number of rotatable bonds is 1. The fraction of sp³-hybridized carbons (Fsp3) is 0.500. The number of carbonyl (C=O) groups is 2. The maximum atomic E-state index is 12.0. The van der Waals surface area contributed by atoms with Crippen molar-refractivity contribution in [1.29, 1.82) is 0 Å². The van der Waals surface area contributed by atoms with Gasteiger partial charge in [-0.1, -0.05) is 0 Å². The lowest BCUT2D eigenvalue weighted by molar-refractivity contribution is 0.0240. The van der Waals surface area contributed by atoms with Gasteiger partial charge in [0.15, 0.2) is 5.56 Å². The predicted octanol–water partition coefficient (Wildman–Crippen LogP) is 1.12. The van der Waals surface area contributed by atoms with Gasteiger partial charge in [0.2, 0.25) is 0 Å². The topological polar surface area (TPSA) is 109 Å². The van der Waals surface area contributed by atoms with E-state index in [1.54, 1.807) is 20.8 Å². The molecule has 8 heteroatoms. The van der Waals surface area contributed by atoms with Crippen molar-refractivity contribution < 1.29 is 24.2 Å². The average molecular weight is 310 g/mol. The van der Waals surface area contributed by atoms with Crippen LogP contribution in [0.1, 0.15) is 42.4 Å². The van der Waals surface area contributed by atoms with Crippen LogP contribution in [0.3, 0.4) is 0 Å². The summed E-state index contributed by atoms with van der Waals surface area (Å²) in [4.78, 5) is 39.3. The monoisotopic (exact) mass is 310 g/mol. The molecule has 2 heterocycles. The molecule has 22 heavy (non-hydrogen) atoms. The van der Waals surface area contributed by atoms with E-state index in [1.807, 2.05) is 0 Å². The zero-order valence-electron chi connectivity index (χ0n) is 12.8. The Hall–Kier alpha value is -2.51. The highest BCUT2D eigenvalue weighted by Crippen LogP contribution is 2.31. The number of esters is 1. The van der Waals surface area contributed by atoms with Gasteiger partial charge in [-0.15, -0.1) is 0 Å². The Labute approximate surface area is 126 Å². The van der Waals surface area contributed by atoms with Gasteiger partial charge in [0.25, 0.3) is 5.56 Å². The van der Waals surface area contributed by atoms with Crippen molar-refractivity contribution in [2.24, 2.45) is 0 Å². The average Bonchev–Trinajstić information content (AvgIpc) is 2.80. The Morgan fingerprint density at radius 2 is 1.91 bits per heavy atom. The maximum Gasteiger partial charge on any atom is 0.410 e. The fourth-order valence-electron chi connectivity index (χ4n) is 2.17. The Balaban J connectivity index is 2.32. The summed E-state index contributed by atoms with van der Waals surface area (Å²) in [5, 5.41) is 10.1. The van der Waals surface area contributed by atoms with E-state index < -0.39 is 34.5 Å². The van der Waals surface area contributed by atoms with Gasteiger partial charge in [-0.05, 0) is 20.8 Å². The van der Waals surface area contributed by atoms with Gasteiger partial charge in [-0.2, -0.15) is 0 Å². The molecule has 1 aromatic rings. The van der Waals surface area contributed by atoms with Gasteiger partial charge >= 0.3 is 12.1 Å². The molecule has 1 aromatic heterocycles. The van der Waals surface area contributed by atoms with E-state index in [-0.39, 0.29) is 13.1 Å². The zero-order valence-corrected chi connectivity index (χ0v) is 12.8. The van der Waals surface area contributed by atoms with Crippen molar-refractivity contribution in [3.8, 4) is 5.75 Å². The van der Waals surface area contributed by atoms with E-state index in [4.69, 9.17) is 4.74 Å². The van der Waals surface area contributed by atoms with Crippen LogP contribution in [0.2, 0.25) is 0 Å². The molecule has 0 spiro atoms. The number of amides is 1. The Bertz CT molecular complexity index is 686. The summed E-state index contributed by atoms with van der Waals surface area (Å²) in [6.07, 6.45) is -0.566. The smallest absolute Gasteiger partial charge is 0.410 e. The molecule has 120 valence electrons. The second-order valence-corrected chi connectivity index (χ2v) is 5.96. The van der Waals surface area contributed by atoms with Crippen LogP contribution in [0, 0.1) is 0 Å². The number of aromatic hydroxyl groups is 1. The first kappa shape index (κ1) is 15.9. The van der Waals surface area contributed by atoms with Crippen LogP contribution in [-0.4, -0.2) is 39.8 Å². The largest absolute Gasteiger partial charge is 0.506 e. The minimum Gasteiger partial charge on any atom is -0.506 e. The van der Waals surface area contributed by atoms with Crippen LogP contribution in [0.5, 0.6) is 5.75 Å². The van der Waals surface area contributed by atoms with Gasteiger partial charge in [0.1, 0.15) is 11.4 Å². The Morgan fingerprint density at radius 3 is 2.45 bits per heavy atom. The van der Waals surface area contributed by atoms with E-state index in [9.17, 15) is 19.5 Å². The number of carbonyl (C=O) groups excluding carboxylic acids is 2. The third kappa shape index (κ3) is 2.90. The molecule has 0 bridgehead atoms. The molecule has 0 atom stereocenters. The standard InChI is InChI=1S/C14H18N2O6/c1-14(2,3)22-13(20)16-5-7-8(6-16)15-11(18)9(10(7)17)12(19)21-4/h5-6H2,1-4H3,(H2,15,17,18). The van der Waals surface area contributed by atoms with E-state index >= 15 is 0 Å². The molecule has 0 fully saturated rings. The molecule has 8 nitrogen and oxygen atoms in total. The van der Waals surface area contributed by atoms with E-state index in [1.165, 1.54) is 4.90 Å². The normalized spacial score (nSPS) is 13.7. The molecule has 0 saturated heterocycles. The number of fused-ring (bicyclic) bond motifs is 1. The number of aromatic amines is 1. The first-order valence-corrected chi connectivity index (χ1v) is 6.67. The van der Waals surface area contributed by atoms with Crippen molar-refractivity contribution in [3.05, 3.63) is 27.2 Å². The number of pyridine rings is 1. The van der Waals surface area contributed by atoms with Gasteiger partial charge in [-0.3, -0.25) is 9.69 Å². The quantitative estimate of drug-likeness (QED) is 0.752. The number of methoxy groups -OCH3 is 1. The zero-order chi connectivity index (χ0) is 16.7. The molecule has 2 N–H and O–H groups in total. The summed E-state index contributed by atoms with van der Waals surface area (Å²) in [6.45, 7) is 5.35. The maximum absolute atomic E-state index is 12.0. The predicted molar refractivity (Wildman–Crippen MR) is 75.5 cm³/mol. The lowest BCUT2D eigenvalue weighted by Crippen LogP contribution is -2.33. The summed E-state index contributed by atoms with van der Waals surface area (Å²) < 4.78 is 9.72. The summed E-state index contributed by atoms with van der Waals surface area (Å²) in [7, 11) is 1.11. The highest BCUT2D eigenvalue weighted by Gasteiger charge is 2.33. The number of ether oxygens (including phenoxy) is 2. The van der Waals surface area contributed by atoms with Crippen LogP contribution in [0.15, 0.2) is 4.79 Å². The number of nitrogens with one attached hydrogen (secondary N) is 1. The van der Waals surface area contributed by atoms with Crippen molar-refractivity contribution in [2.75, 3.05) is 7.11 Å². The molecular weight excluding hydrogens is 292 g/mol. The van der Waals surface area contributed by atoms with Crippen LogP contribution < -0.4 is 5.56 Å². The summed E-state index contributed by atoms with van der Waals surface area (Å²) in [5.41, 5.74) is -1.19. The molecule has 1 amide bonds. The van der Waals surface area contributed by atoms with Crippen LogP contribution in [-0.2, 0) is 22.6 Å². The summed E-state index contributed by atoms with van der Waals surface area (Å²) >= 11 is 0. The molecule has 1 aliphatic rings. The second kappa shape index (κ2) is 5.36. The van der Waals surface area contributed by atoms with Crippen LogP contribution in [0.25, 0.3) is 0 Å². The number of aromatic nitrogens is 1. The van der Waals surface area contributed by atoms with Crippen molar-refractivity contribution in [3.63, 3.8) is 0 Å². The molecule has 1 aliphatic heterocycles. The number of hydrogen-bond donors (Lipinski definition) is 2. The van der Waals surface area contributed by atoms with E-state index in [2.05, 4.69) is 9.72 Å². The van der Waals surface area contributed by atoms with E-state index in [0.29, 0.717) is 11.3 Å². The first-order valence-electron chi connectivity index (χ1n) is 6.67. The molecule has 0 radical (unpaired) electrons. The minimum absolute atomic E-state index is 0.0385. The van der Waals surface area contributed by atoms with Crippen molar-refractivity contribution in [1.82, 2.24) is 9.88 Å². The van der Waals surface area contributed by atoms with Crippen LogP contribution >= 0.6 is 0 Å². The van der Waals surface area contributed by atoms with Crippen molar-refractivity contribution >= 4 is 12.1 Å². The number of nitrogens with zero attached hydrogens (tertiary/aromatic N) is 1. The van der Waals surface area contributed by atoms with Crippen LogP contribution in [0.4, 0.5) is 4.79 Å². The second-order valence-electron chi connectivity index (χ2n) is 5.96. The third-order valence-electron chi connectivity index (χ3n) is 3.12. The number of hydrogen-bond acceptors (Lipinski definition) is 6. The van der Waals surface area contributed by atoms with E-state index in [0.717, 1.165) is 7.11 Å².